The van der Waals surface area contributed by atoms with Crippen molar-refractivity contribution in [3.05, 3.63) is 29.6 Å². The molecule has 2 amide bonds. The number of piperidine rings is 1. The van der Waals surface area contributed by atoms with E-state index in [1.807, 2.05) is 0 Å². The van der Waals surface area contributed by atoms with E-state index >= 15 is 0 Å². The fourth-order valence-corrected chi connectivity index (χ4v) is 4.44. The van der Waals surface area contributed by atoms with Crippen LogP contribution >= 0.6 is 0 Å². The van der Waals surface area contributed by atoms with Gasteiger partial charge in [0.25, 0.3) is 0 Å². The molecule has 0 radical (unpaired) electrons. The van der Waals surface area contributed by atoms with Crippen LogP contribution in [0.4, 0.5) is 22.4 Å². The van der Waals surface area contributed by atoms with Gasteiger partial charge in [0.15, 0.2) is 11.6 Å². The van der Waals surface area contributed by atoms with Crippen molar-refractivity contribution in [3.8, 4) is 5.75 Å². The van der Waals surface area contributed by atoms with E-state index < -0.39 is 29.6 Å². The second kappa shape index (κ2) is 7.07. The van der Waals surface area contributed by atoms with Crippen molar-refractivity contribution >= 4 is 12.0 Å². The van der Waals surface area contributed by atoms with Crippen LogP contribution in [0.15, 0.2) is 18.2 Å². The van der Waals surface area contributed by atoms with Crippen molar-refractivity contribution in [2.75, 3.05) is 19.7 Å². The molecule has 6 nitrogen and oxygen atoms in total. The van der Waals surface area contributed by atoms with E-state index in [-0.39, 0.29) is 24.3 Å². The van der Waals surface area contributed by atoms with Crippen molar-refractivity contribution in [1.82, 2.24) is 10.2 Å². The summed E-state index contributed by atoms with van der Waals surface area (Å²) in [5.41, 5.74) is 0.143. The number of amides is 2. The summed E-state index contributed by atoms with van der Waals surface area (Å²) < 4.78 is 59.5. The molecule has 1 aliphatic carbocycles. The second-order valence-corrected chi connectivity index (χ2v) is 7.92. The number of rotatable bonds is 3. The molecular weight excluding hydrogens is 396 g/mol. The van der Waals surface area contributed by atoms with Gasteiger partial charge in [0.05, 0.1) is 5.54 Å². The van der Waals surface area contributed by atoms with Gasteiger partial charge >= 0.3 is 12.5 Å². The number of cyclic esters (lactones) is 1. The third-order valence-corrected chi connectivity index (χ3v) is 5.93. The molecule has 158 valence electrons. The van der Waals surface area contributed by atoms with Crippen LogP contribution in [-0.4, -0.2) is 48.5 Å². The Morgan fingerprint density at radius 3 is 2.52 bits per heavy atom. The maximum Gasteiger partial charge on any atom is 0.573 e. The highest BCUT2D eigenvalue weighted by atomic mass is 19.4. The monoisotopic (exact) mass is 416 g/mol. The van der Waals surface area contributed by atoms with Crippen molar-refractivity contribution in [2.45, 2.75) is 43.5 Å². The summed E-state index contributed by atoms with van der Waals surface area (Å²) >= 11 is 0. The summed E-state index contributed by atoms with van der Waals surface area (Å²) in [5.74, 6) is -2.12. The molecule has 1 aromatic carbocycles. The zero-order valence-electron chi connectivity index (χ0n) is 15.4. The first-order valence-electron chi connectivity index (χ1n) is 9.43. The van der Waals surface area contributed by atoms with E-state index in [0.29, 0.717) is 44.3 Å². The summed E-state index contributed by atoms with van der Waals surface area (Å²) in [6, 6.07) is 3.52. The Bertz CT molecular complexity index is 815. The molecule has 1 N–H and O–H groups in total. The van der Waals surface area contributed by atoms with E-state index in [0.717, 1.165) is 12.1 Å². The van der Waals surface area contributed by atoms with Crippen molar-refractivity contribution in [1.29, 1.82) is 0 Å². The van der Waals surface area contributed by atoms with Crippen LogP contribution in [0.3, 0.4) is 0 Å². The molecule has 0 aromatic heterocycles. The Morgan fingerprint density at radius 2 is 1.93 bits per heavy atom. The lowest BCUT2D eigenvalue weighted by Gasteiger charge is -2.45. The molecule has 3 fully saturated rings. The Morgan fingerprint density at radius 1 is 1.24 bits per heavy atom. The summed E-state index contributed by atoms with van der Waals surface area (Å²) in [6.07, 6.45) is -3.17. The number of carbonyl (C=O) groups excluding carboxylic acids is 2. The highest BCUT2D eigenvalue weighted by Crippen LogP contribution is 2.42. The average Bonchev–Trinajstić information content (AvgIpc) is 3.03. The topological polar surface area (TPSA) is 67.9 Å². The highest BCUT2D eigenvalue weighted by molar-refractivity contribution is 5.81. The number of likely N-dealkylation sites (tertiary alicyclic amines) is 1. The van der Waals surface area contributed by atoms with Gasteiger partial charge in [-0.05, 0) is 49.3 Å². The number of alkyl halides is 3. The lowest BCUT2D eigenvalue weighted by molar-refractivity contribution is -0.275. The number of ether oxygens (including phenoxy) is 2. The van der Waals surface area contributed by atoms with E-state index in [2.05, 4.69) is 10.1 Å². The molecule has 0 atom stereocenters. The summed E-state index contributed by atoms with van der Waals surface area (Å²) in [4.78, 5) is 25.6. The summed E-state index contributed by atoms with van der Waals surface area (Å²) in [7, 11) is 0. The van der Waals surface area contributed by atoms with Gasteiger partial charge in [0, 0.05) is 19.0 Å². The number of hydrogen-bond acceptors (Lipinski definition) is 4. The highest BCUT2D eigenvalue weighted by Gasteiger charge is 2.53. The van der Waals surface area contributed by atoms with Gasteiger partial charge in [-0.25, -0.2) is 9.18 Å². The van der Waals surface area contributed by atoms with Crippen molar-refractivity contribution in [2.24, 2.45) is 5.92 Å². The third-order valence-electron chi connectivity index (χ3n) is 5.93. The lowest BCUT2D eigenvalue weighted by Crippen LogP contribution is -2.58. The van der Waals surface area contributed by atoms with Gasteiger partial charge in [0.2, 0.25) is 5.91 Å². The smallest absolute Gasteiger partial charge is 0.447 e. The SMILES string of the molecule is O=C1NC2(CO1)CC(C(=O)N1CCC(c3ccc(F)c(OC(F)(F)F)c3)CC1)C2. The van der Waals surface area contributed by atoms with Crippen LogP contribution in [0, 0.1) is 11.7 Å². The molecule has 2 saturated heterocycles. The third kappa shape index (κ3) is 4.11. The van der Waals surface area contributed by atoms with E-state index in [1.165, 1.54) is 6.07 Å². The first kappa shape index (κ1) is 19.8. The minimum atomic E-state index is -4.96. The number of halogens is 4. The first-order valence-corrected chi connectivity index (χ1v) is 9.43. The van der Waals surface area contributed by atoms with Gasteiger partial charge in [-0.1, -0.05) is 6.07 Å². The zero-order valence-corrected chi connectivity index (χ0v) is 15.4. The molecule has 10 heteroatoms. The molecule has 4 rings (SSSR count). The van der Waals surface area contributed by atoms with Crippen LogP contribution < -0.4 is 10.1 Å². The fraction of sp³-hybridized carbons (Fsp3) is 0.579. The van der Waals surface area contributed by atoms with Gasteiger partial charge in [-0.15, -0.1) is 13.2 Å². The lowest BCUT2D eigenvalue weighted by atomic mass is 9.68. The quantitative estimate of drug-likeness (QED) is 0.768. The number of nitrogens with one attached hydrogen (secondary N) is 1. The van der Waals surface area contributed by atoms with Crippen LogP contribution in [0.1, 0.15) is 37.2 Å². The fourth-order valence-electron chi connectivity index (χ4n) is 4.44. The maximum atomic E-state index is 13.6. The van der Waals surface area contributed by atoms with Crippen LogP contribution in [0.5, 0.6) is 5.75 Å². The van der Waals surface area contributed by atoms with E-state index in [9.17, 15) is 27.2 Å². The van der Waals surface area contributed by atoms with Crippen LogP contribution in [0.25, 0.3) is 0 Å². The maximum absolute atomic E-state index is 13.6. The Hall–Kier alpha value is -2.52. The number of alkyl carbamates (subject to hydrolysis) is 1. The number of carbonyl (C=O) groups is 2. The van der Waals surface area contributed by atoms with Gasteiger partial charge in [0.1, 0.15) is 6.61 Å². The Kier molecular flexibility index (Phi) is 4.82. The molecule has 29 heavy (non-hydrogen) atoms. The minimum Gasteiger partial charge on any atom is -0.447 e. The molecule has 0 bridgehead atoms. The second-order valence-electron chi connectivity index (χ2n) is 7.92. The van der Waals surface area contributed by atoms with E-state index in [4.69, 9.17) is 4.74 Å². The van der Waals surface area contributed by atoms with Crippen molar-refractivity contribution < 1.29 is 36.6 Å². The minimum absolute atomic E-state index is 0.0235. The predicted octanol–water partition coefficient (Wildman–Crippen LogP) is 3.32. The molecule has 1 saturated carbocycles. The van der Waals surface area contributed by atoms with E-state index in [1.54, 1.807) is 4.90 Å². The standard InChI is InChI=1S/C19H20F4N2O4/c20-14-2-1-12(7-15(14)29-19(21,22)23)11-3-5-25(6-4-11)16(26)13-8-18(9-13)10-28-17(27)24-18/h1-2,7,11,13H,3-6,8-10H2,(H,24,27). The molecule has 1 aromatic rings. The number of hydrogen-bond donors (Lipinski definition) is 1. The average molecular weight is 416 g/mol. The zero-order chi connectivity index (χ0) is 20.8. The molecule has 3 aliphatic rings. The molecule has 0 unspecified atom stereocenters. The van der Waals surface area contributed by atoms with Gasteiger partial charge in [-0.3, -0.25) is 4.79 Å². The largest absolute Gasteiger partial charge is 0.573 e. The van der Waals surface area contributed by atoms with Gasteiger partial charge in [-0.2, -0.15) is 0 Å². The molecular formula is C19H20F4N2O4. The summed E-state index contributed by atoms with van der Waals surface area (Å²) in [6.45, 7) is 1.23. The molecule has 2 heterocycles. The molecule has 2 aliphatic heterocycles. The number of nitrogens with zero attached hydrogens (tertiary/aromatic N) is 1. The first-order chi connectivity index (χ1) is 13.6. The Labute approximate surface area is 164 Å². The predicted molar refractivity (Wildman–Crippen MR) is 91.6 cm³/mol. The molecule has 1 spiro atoms. The van der Waals surface area contributed by atoms with Crippen LogP contribution in [-0.2, 0) is 9.53 Å². The van der Waals surface area contributed by atoms with Crippen LogP contribution in [0.2, 0.25) is 0 Å². The Balaban J connectivity index is 1.32. The van der Waals surface area contributed by atoms with Crippen molar-refractivity contribution in [3.63, 3.8) is 0 Å². The number of benzene rings is 1. The summed E-state index contributed by atoms with van der Waals surface area (Å²) in [5, 5.41) is 2.75. The van der Waals surface area contributed by atoms with Gasteiger partial charge < -0.3 is 19.7 Å². The normalized spacial score (nSPS) is 27.4.